The summed E-state index contributed by atoms with van der Waals surface area (Å²) in [5.74, 6) is -0.735. The highest BCUT2D eigenvalue weighted by molar-refractivity contribution is 5.81. The molecule has 0 N–H and O–H groups in total. The minimum atomic E-state index is -0.375. The zero-order valence-electron chi connectivity index (χ0n) is 12.6. The molecule has 2 atom stereocenters. The Morgan fingerprint density at radius 2 is 1.55 bits per heavy atom. The minimum absolute atomic E-state index is 0.0310. The van der Waals surface area contributed by atoms with Crippen molar-refractivity contribution in [1.29, 1.82) is 0 Å². The van der Waals surface area contributed by atoms with Gasteiger partial charge in [-0.25, -0.2) is 9.59 Å². The third-order valence-electron chi connectivity index (χ3n) is 3.03. The monoisotopic (exact) mass is 282 g/mol. The second kappa shape index (κ2) is 11.3. The van der Waals surface area contributed by atoms with Crippen molar-refractivity contribution in [3.05, 3.63) is 25.3 Å². The van der Waals surface area contributed by atoms with Crippen LogP contribution >= 0.6 is 0 Å². The van der Waals surface area contributed by atoms with Crippen LogP contribution in [0.5, 0.6) is 0 Å². The average Bonchev–Trinajstić information content (AvgIpc) is 2.44. The van der Waals surface area contributed by atoms with Gasteiger partial charge < -0.3 is 9.47 Å². The van der Waals surface area contributed by atoms with E-state index in [2.05, 4.69) is 13.2 Å². The van der Waals surface area contributed by atoms with Gasteiger partial charge in [0.05, 0.1) is 6.10 Å². The molecule has 0 heterocycles. The molecule has 20 heavy (non-hydrogen) atoms. The van der Waals surface area contributed by atoms with Crippen LogP contribution in [0.4, 0.5) is 0 Å². The topological polar surface area (TPSA) is 52.6 Å². The summed E-state index contributed by atoms with van der Waals surface area (Å²) in [7, 11) is 0. The fourth-order valence-electron chi connectivity index (χ4n) is 1.84. The average molecular weight is 282 g/mol. The molecule has 0 fully saturated rings. The Morgan fingerprint density at radius 3 is 2.10 bits per heavy atom. The highest BCUT2D eigenvalue weighted by Crippen LogP contribution is 2.13. The minimum Gasteiger partial charge on any atom is -0.460 e. The van der Waals surface area contributed by atoms with Gasteiger partial charge in [0.25, 0.3) is 0 Å². The summed E-state index contributed by atoms with van der Waals surface area (Å²) in [6, 6.07) is 0. The van der Waals surface area contributed by atoms with Crippen LogP contribution in [0.25, 0.3) is 0 Å². The molecule has 0 saturated heterocycles. The molecule has 0 rings (SSSR count). The van der Waals surface area contributed by atoms with Crippen LogP contribution in [-0.4, -0.2) is 24.1 Å². The smallest absolute Gasteiger partial charge is 0.330 e. The third-order valence-corrected chi connectivity index (χ3v) is 3.03. The van der Waals surface area contributed by atoms with E-state index in [1.807, 2.05) is 13.8 Å². The fraction of sp³-hybridized carbons (Fsp3) is 0.625. The molecule has 0 bridgehead atoms. The SMILES string of the molecule is C=CC(=O)OC(C)CCCCCC(CC)OC(=O)C=C. The van der Waals surface area contributed by atoms with Crippen LogP contribution in [0, 0.1) is 0 Å². The van der Waals surface area contributed by atoms with Crippen LogP contribution in [0.1, 0.15) is 52.4 Å². The highest BCUT2D eigenvalue weighted by atomic mass is 16.5. The van der Waals surface area contributed by atoms with Crippen LogP contribution in [0.2, 0.25) is 0 Å². The van der Waals surface area contributed by atoms with Crippen LogP contribution in [-0.2, 0) is 19.1 Å². The van der Waals surface area contributed by atoms with Gasteiger partial charge in [0, 0.05) is 12.2 Å². The maximum atomic E-state index is 11.1. The molecule has 0 radical (unpaired) electrons. The van der Waals surface area contributed by atoms with Crippen LogP contribution in [0.15, 0.2) is 25.3 Å². The second-order valence-electron chi connectivity index (χ2n) is 4.76. The molecule has 0 spiro atoms. The standard InChI is InChI=1S/C16H26O4/c1-5-14(20-16(18)7-3)12-10-8-9-11-13(4)19-15(17)6-2/h6-7,13-14H,2-3,5,8-12H2,1,4H3. The summed E-state index contributed by atoms with van der Waals surface area (Å²) >= 11 is 0. The Balaban J connectivity index is 3.68. The lowest BCUT2D eigenvalue weighted by atomic mass is 10.1. The molecular formula is C16H26O4. The van der Waals surface area contributed by atoms with E-state index in [9.17, 15) is 9.59 Å². The van der Waals surface area contributed by atoms with Gasteiger partial charge in [-0.1, -0.05) is 26.5 Å². The van der Waals surface area contributed by atoms with Crippen molar-refractivity contribution in [2.45, 2.75) is 64.6 Å². The van der Waals surface area contributed by atoms with Crippen molar-refractivity contribution in [2.24, 2.45) is 0 Å². The Bertz CT molecular complexity index is 322. The molecule has 4 heteroatoms. The Hall–Kier alpha value is -1.58. The van der Waals surface area contributed by atoms with Gasteiger partial charge in [-0.05, 0) is 39.0 Å². The van der Waals surface area contributed by atoms with Crippen molar-refractivity contribution in [1.82, 2.24) is 0 Å². The van der Waals surface area contributed by atoms with E-state index in [-0.39, 0.29) is 24.1 Å². The van der Waals surface area contributed by atoms with E-state index in [1.54, 1.807) is 0 Å². The number of ether oxygens (including phenoxy) is 2. The quantitative estimate of drug-likeness (QED) is 0.330. The number of carbonyl (C=O) groups excluding carboxylic acids is 2. The Kier molecular flexibility index (Phi) is 10.4. The number of carbonyl (C=O) groups is 2. The lowest BCUT2D eigenvalue weighted by molar-refractivity contribution is -0.143. The predicted octanol–water partition coefficient (Wildman–Crippen LogP) is 3.56. The molecular weight excluding hydrogens is 256 g/mol. The van der Waals surface area contributed by atoms with E-state index < -0.39 is 0 Å². The lowest BCUT2D eigenvalue weighted by Gasteiger charge is -2.15. The van der Waals surface area contributed by atoms with Gasteiger partial charge in [-0.2, -0.15) is 0 Å². The maximum Gasteiger partial charge on any atom is 0.330 e. The normalized spacial score (nSPS) is 13.1. The summed E-state index contributed by atoms with van der Waals surface area (Å²) in [6.45, 7) is 10.6. The van der Waals surface area contributed by atoms with Crippen molar-refractivity contribution >= 4 is 11.9 Å². The first-order valence-corrected chi connectivity index (χ1v) is 7.19. The third kappa shape index (κ3) is 9.36. The van der Waals surface area contributed by atoms with Crippen molar-refractivity contribution in [2.75, 3.05) is 0 Å². The molecule has 114 valence electrons. The zero-order chi connectivity index (χ0) is 15.4. The van der Waals surface area contributed by atoms with E-state index in [1.165, 1.54) is 12.2 Å². The van der Waals surface area contributed by atoms with Gasteiger partial charge >= 0.3 is 11.9 Å². The van der Waals surface area contributed by atoms with Gasteiger partial charge in [-0.3, -0.25) is 0 Å². The molecule has 0 aliphatic rings. The molecule has 0 aromatic rings. The second-order valence-corrected chi connectivity index (χ2v) is 4.76. The lowest BCUT2D eigenvalue weighted by Crippen LogP contribution is -2.16. The molecule has 0 aromatic heterocycles. The van der Waals surface area contributed by atoms with E-state index >= 15 is 0 Å². The molecule has 0 aliphatic heterocycles. The summed E-state index contributed by atoms with van der Waals surface area (Å²) in [5.41, 5.74) is 0. The van der Waals surface area contributed by atoms with Crippen LogP contribution in [0.3, 0.4) is 0 Å². The fourth-order valence-corrected chi connectivity index (χ4v) is 1.84. The maximum absolute atomic E-state index is 11.1. The Labute approximate surface area is 121 Å². The van der Waals surface area contributed by atoms with E-state index in [4.69, 9.17) is 9.47 Å². The van der Waals surface area contributed by atoms with Gasteiger partial charge in [0.2, 0.25) is 0 Å². The summed E-state index contributed by atoms with van der Waals surface area (Å²) < 4.78 is 10.3. The zero-order valence-corrected chi connectivity index (χ0v) is 12.6. The summed E-state index contributed by atoms with van der Waals surface area (Å²) in [6.07, 6.45) is 7.76. The first-order valence-electron chi connectivity index (χ1n) is 7.19. The van der Waals surface area contributed by atoms with Gasteiger partial charge in [0.15, 0.2) is 0 Å². The van der Waals surface area contributed by atoms with E-state index in [0.29, 0.717) is 0 Å². The first-order chi connectivity index (χ1) is 9.53. The predicted molar refractivity (Wildman–Crippen MR) is 79.2 cm³/mol. The van der Waals surface area contributed by atoms with Gasteiger partial charge in [-0.15, -0.1) is 0 Å². The van der Waals surface area contributed by atoms with Gasteiger partial charge in [0.1, 0.15) is 6.10 Å². The molecule has 4 nitrogen and oxygen atoms in total. The first kappa shape index (κ1) is 18.4. The van der Waals surface area contributed by atoms with Crippen LogP contribution < -0.4 is 0 Å². The number of rotatable bonds is 11. The molecule has 0 amide bonds. The van der Waals surface area contributed by atoms with Crippen molar-refractivity contribution < 1.29 is 19.1 Å². The molecule has 0 saturated carbocycles. The highest BCUT2D eigenvalue weighted by Gasteiger charge is 2.10. The number of unbranched alkanes of at least 4 members (excludes halogenated alkanes) is 2. The number of hydrogen-bond donors (Lipinski definition) is 0. The number of hydrogen-bond acceptors (Lipinski definition) is 4. The molecule has 0 aliphatic carbocycles. The molecule has 0 aromatic carbocycles. The largest absolute Gasteiger partial charge is 0.460 e. The number of esters is 2. The Morgan fingerprint density at radius 1 is 1.00 bits per heavy atom. The van der Waals surface area contributed by atoms with Crippen molar-refractivity contribution in [3.63, 3.8) is 0 Å². The molecule has 2 unspecified atom stereocenters. The van der Waals surface area contributed by atoms with E-state index in [0.717, 1.165) is 38.5 Å². The summed E-state index contributed by atoms with van der Waals surface area (Å²) in [4.78, 5) is 22.1. The van der Waals surface area contributed by atoms with Crippen molar-refractivity contribution in [3.8, 4) is 0 Å². The summed E-state index contributed by atoms with van der Waals surface area (Å²) in [5, 5.41) is 0.